The number of aromatic nitrogens is 5. The fourth-order valence-electron chi connectivity index (χ4n) is 2.51. The van der Waals surface area contributed by atoms with Crippen molar-refractivity contribution in [3.63, 3.8) is 0 Å². The molecule has 3 aromatic rings. The number of carbonyl (C=O) groups is 1. The molecule has 0 unspecified atom stereocenters. The first-order chi connectivity index (χ1) is 13.1. The van der Waals surface area contributed by atoms with Gasteiger partial charge >= 0.3 is 5.97 Å². The van der Waals surface area contributed by atoms with Crippen molar-refractivity contribution in [2.75, 3.05) is 0 Å². The van der Waals surface area contributed by atoms with E-state index in [9.17, 15) is 4.79 Å². The van der Waals surface area contributed by atoms with Crippen LogP contribution in [0, 0.1) is 5.92 Å². The van der Waals surface area contributed by atoms with Crippen LogP contribution in [0.4, 0.5) is 0 Å². The molecule has 0 spiro atoms. The first kappa shape index (κ1) is 18.6. The lowest BCUT2D eigenvalue weighted by molar-refractivity contribution is -0.134. The minimum Gasteiger partial charge on any atom is -0.427 e. The molecule has 0 saturated carbocycles. The topological polar surface area (TPSA) is 90.8 Å². The van der Waals surface area contributed by atoms with E-state index < -0.39 is 0 Å². The van der Waals surface area contributed by atoms with Crippen molar-refractivity contribution in [2.24, 2.45) is 5.92 Å². The average Bonchev–Trinajstić information content (AvgIpc) is 2.69. The molecule has 2 aromatic heterocycles. The van der Waals surface area contributed by atoms with E-state index in [1.807, 2.05) is 36.4 Å². The van der Waals surface area contributed by atoms with Gasteiger partial charge in [0.1, 0.15) is 11.4 Å². The van der Waals surface area contributed by atoms with E-state index in [1.54, 1.807) is 12.3 Å². The van der Waals surface area contributed by atoms with Crippen molar-refractivity contribution >= 4 is 5.97 Å². The molecular weight excluding hydrogens is 342 g/mol. The number of esters is 1. The van der Waals surface area contributed by atoms with Gasteiger partial charge in [0, 0.05) is 12.6 Å². The van der Waals surface area contributed by atoms with Gasteiger partial charge < -0.3 is 4.74 Å². The Balaban J connectivity index is 1.50. The van der Waals surface area contributed by atoms with Crippen LogP contribution in [0.25, 0.3) is 11.5 Å². The molecule has 0 fully saturated rings. The van der Waals surface area contributed by atoms with Crippen molar-refractivity contribution in [3.8, 4) is 17.3 Å². The monoisotopic (exact) mass is 363 g/mol. The van der Waals surface area contributed by atoms with Crippen LogP contribution in [-0.2, 0) is 17.6 Å². The summed E-state index contributed by atoms with van der Waals surface area (Å²) in [6.07, 6.45) is 3.12. The summed E-state index contributed by atoms with van der Waals surface area (Å²) < 4.78 is 5.34. The van der Waals surface area contributed by atoms with Gasteiger partial charge in [-0.05, 0) is 42.2 Å². The van der Waals surface area contributed by atoms with Gasteiger partial charge in [-0.3, -0.25) is 9.78 Å². The Morgan fingerprint density at radius 1 is 1.00 bits per heavy atom. The van der Waals surface area contributed by atoms with Crippen molar-refractivity contribution in [3.05, 3.63) is 60.0 Å². The Hall–Kier alpha value is -3.22. The van der Waals surface area contributed by atoms with E-state index in [4.69, 9.17) is 4.74 Å². The number of hydrogen-bond donors (Lipinski definition) is 0. The molecule has 0 amide bonds. The van der Waals surface area contributed by atoms with Gasteiger partial charge in [-0.2, -0.15) is 0 Å². The van der Waals surface area contributed by atoms with Gasteiger partial charge in [0.05, 0.1) is 6.42 Å². The quantitative estimate of drug-likeness (QED) is 0.470. The highest BCUT2D eigenvalue weighted by molar-refractivity contribution is 5.72. The molecule has 0 N–H and O–H groups in total. The molecule has 0 bridgehead atoms. The van der Waals surface area contributed by atoms with E-state index in [1.165, 1.54) is 5.56 Å². The van der Waals surface area contributed by atoms with Gasteiger partial charge in [-0.1, -0.05) is 32.0 Å². The number of carbonyl (C=O) groups excluding carboxylic acids is 1. The van der Waals surface area contributed by atoms with Crippen LogP contribution in [0.15, 0.2) is 48.7 Å². The zero-order valence-corrected chi connectivity index (χ0v) is 15.4. The Labute approximate surface area is 157 Å². The second-order valence-electron chi connectivity index (χ2n) is 6.57. The van der Waals surface area contributed by atoms with Crippen molar-refractivity contribution < 1.29 is 9.53 Å². The standard InChI is InChI=1S/C20H21N5O2/c1-14(2)13-15-6-8-16(9-7-15)27-19(26)11-10-18-22-24-20(25-23-18)17-5-3-4-12-21-17/h3-9,12,14H,10-11,13H2,1-2H3. The molecule has 2 heterocycles. The van der Waals surface area contributed by atoms with Crippen LogP contribution < -0.4 is 4.74 Å². The molecular formula is C20H21N5O2. The minimum absolute atomic E-state index is 0.153. The summed E-state index contributed by atoms with van der Waals surface area (Å²) in [6, 6.07) is 13.0. The van der Waals surface area contributed by atoms with E-state index >= 15 is 0 Å². The number of benzene rings is 1. The fraction of sp³-hybridized carbons (Fsp3) is 0.300. The lowest BCUT2D eigenvalue weighted by Crippen LogP contribution is -2.11. The van der Waals surface area contributed by atoms with Gasteiger partial charge in [-0.25, -0.2) is 0 Å². The van der Waals surface area contributed by atoms with Gasteiger partial charge in [0.15, 0.2) is 5.82 Å². The molecule has 1 aromatic carbocycles. The van der Waals surface area contributed by atoms with Crippen LogP contribution >= 0.6 is 0 Å². The third-order valence-electron chi connectivity index (χ3n) is 3.77. The third kappa shape index (κ3) is 5.64. The second kappa shape index (κ2) is 8.93. The molecule has 0 aliphatic carbocycles. The molecule has 27 heavy (non-hydrogen) atoms. The highest BCUT2D eigenvalue weighted by atomic mass is 16.5. The highest BCUT2D eigenvalue weighted by Crippen LogP contribution is 2.16. The first-order valence-corrected chi connectivity index (χ1v) is 8.87. The number of pyridine rings is 1. The maximum atomic E-state index is 12.0. The summed E-state index contributed by atoms with van der Waals surface area (Å²) in [5, 5.41) is 16.0. The van der Waals surface area contributed by atoms with Crippen molar-refractivity contribution in [2.45, 2.75) is 33.1 Å². The second-order valence-corrected chi connectivity index (χ2v) is 6.57. The molecule has 0 saturated heterocycles. The predicted molar refractivity (Wildman–Crippen MR) is 99.8 cm³/mol. The smallest absolute Gasteiger partial charge is 0.311 e. The minimum atomic E-state index is -0.344. The van der Waals surface area contributed by atoms with Crippen LogP contribution in [0.2, 0.25) is 0 Å². The molecule has 7 nitrogen and oxygen atoms in total. The van der Waals surface area contributed by atoms with E-state index in [2.05, 4.69) is 39.2 Å². The molecule has 0 aliphatic rings. The molecule has 3 rings (SSSR count). The normalized spacial score (nSPS) is 10.8. The van der Waals surface area contributed by atoms with Crippen molar-refractivity contribution in [1.29, 1.82) is 0 Å². The molecule has 7 heteroatoms. The Bertz CT molecular complexity index is 865. The lowest BCUT2D eigenvalue weighted by Gasteiger charge is -2.07. The zero-order valence-electron chi connectivity index (χ0n) is 15.4. The number of hydrogen-bond acceptors (Lipinski definition) is 7. The zero-order chi connectivity index (χ0) is 19.1. The fourth-order valence-corrected chi connectivity index (χ4v) is 2.51. The van der Waals surface area contributed by atoms with Gasteiger partial charge in [-0.15, -0.1) is 20.4 Å². The summed E-state index contributed by atoms with van der Waals surface area (Å²) in [7, 11) is 0. The number of ether oxygens (including phenoxy) is 1. The van der Waals surface area contributed by atoms with E-state index in [-0.39, 0.29) is 12.4 Å². The van der Waals surface area contributed by atoms with Crippen LogP contribution in [-0.4, -0.2) is 31.3 Å². The predicted octanol–water partition coefficient (Wildman–Crippen LogP) is 3.07. The first-order valence-electron chi connectivity index (χ1n) is 8.87. The summed E-state index contributed by atoms with van der Waals surface area (Å²) in [5.74, 6) is 1.52. The van der Waals surface area contributed by atoms with Gasteiger partial charge in [0.25, 0.3) is 0 Å². The Morgan fingerprint density at radius 3 is 2.37 bits per heavy atom. The summed E-state index contributed by atoms with van der Waals surface area (Å²) in [4.78, 5) is 16.2. The Kier molecular flexibility index (Phi) is 6.14. The number of nitrogens with zero attached hydrogens (tertiary/aromatic N) is 5. The van der Waals surface area contributed by atoms with E-state index in [0.717, 1.165) is 6.42 Å². The Morgan fingerprint density at radius 2 is 1.74 bits per heavy atom. The number of rotatable bonds is 7. The van der Waals surface area contributed by atoms with Gasteiger partial charge in [0.2, 0.25) is 5.82 Å². The van der Waals surface area contributed by atoms with Crippen LogP contribution in [0.1, 0.15) is 31.7 Å². The molecule has 138 valence electrons. The summed E-state index contributed by atoms with van der Waals surface area (Å²) >= 11 is 0. The van der Waals surface area contributed by atoms with Crippen LogP contribution in [0.5, 0.6) is 5.75 Å². The van der Waals surface area contributed by atoms with Crippen molar-refractivity contribution in [1.82, 2.24) is 25.4 Å². The van der Waals surface area contributed by atoms with Crippen LogP contribution in [0.3, 0.4) is 0 Å². The molecule has 0 aliphatic heterocycles. The average molecular weight is 363 g/mol. The maximum Gasteiger partial charge on any atom is 0.311 e. The third-order valence-corrected chi connectivity index (χ3v) is 3.77. The largest absolute Gasteiger partial charge is 0.427 e. The molecule has 0 radical (unpaired) electrons. The lowest BCUT2D eigenvalue weighted by atomic mass is 10.0. The summed E-state index contributed by atoms with van der Waals surface area (Å²) in [5.41, 5.74) is 1.83. The SMILES string of the molecule is CC(C)Cc1ccc(OC(=O)CCc2nnc(-c3ccccn3)nn2)cc1. The summed E-state index contributed by atoms with van der Waals surface area (Å²) in [6.45, 7) is 4.34. The highest BCUT2D eigenvalue weighted by Gasteiger charge is 2.10. The van der Waals surface area contributed by atoms with E-state index in [0.29, 0.717) is 35.4 Å². The number of aryl methyl sites for hydroxylation is 1. The maximum absolute atomic E-state index is 12.0. The molecule has 0 atom stereocenters.